The number of benzene rings is 2. The first-order valence-corrected chi connectivity index (χ1v) is 6.51. The second-order valence-electron chi connectivity index (χ2n) is 4.75. The third-order valence-electron chi connectivity index (χ3n) is 3.34. The van der Waals surface area contributed by atoms with Gasteiger partial charge in [-0.2, -0.15) is 5.10 Å². The number of amides is 1. The van der Waals surface area contributed by atoms with Gasteiger partial charge in [-0.3, -0.25) is 4.79 Å². The Labute approximate surface area is 125 Å². The van der Waals surface area contributed by atoms with E-state index in [1.165, 1.54) is 17.2 Å². The Balaban J connectivity index is 1.91. The minimum absolute atomic E-state index is 0.219. The van der Waals surface area contributed by atoms with E-state index in [0.717, 1.165) is 17.8 Å². The number of hydrogen-bond acceptors (Lipinski definition) is 3. The largest absolute Gasteiger partial charge is 0.309 e. The van der Waals surface area contributed by atoms with Crippen LogP contribution in [-0.2, 0) is 4.79 Å². The third kappa shape index (κ3) is 2.39. The highest BCUT2D eigenvalue weighted by Gasteiger charge is 2.30. The van der Waals surface area contributed by atoms with Gasteiger partial charge in [0.15, 0.2) is 17.3 Å². The zero-order chi connectivity index (χ0) is 15.7. The van der Waals surface area contributed by atoms with Gasteiger partial charge in [0.25, 0.3) is 5.91 Å². The van der Waals surface area contributed by atoms with E-state index in [0.29, 0.717) is 11.1 Å². The van der Waals surface area contributed by atoms with Gasteiger partial charge in [0, 0.05) is 12.6 Å². The maximum absolute atomic E-state index is 13.1. The number of anilines is 1. The summed E-state index contributed by atoms with van der Waals surface area (Å²) in [6.07, 6.45) is 1.27. The predicted octanol–water partition coefficient (Wildman–Crippen LogP) is 2.76. The molecule has 6 heteroatoms. The molecular formula is C16H11F2N3O. The SMILES string of the molecule is CN1C(=O)/C(=N/N=C\c2ccc(F)c(F)c2)c2ccccc21. The summed E-state index contributed by atoms with van der Waals surface area (Å²) in [4.78, 5) is 13.6. The summed E-state index contributed by atoms with van der Waals surface area (Å²) in [5.74, 6) is -2.15. The van der Waals surface area contributed by atoms with Crippen LogP contribution in [0.25, 0.3) is 0 Å². The first-order valence-electron chi connectivity index (χ1n) is 6.51. The van der Waals surface area contributed by atoms with Gasteiger partial charge in [0.05, 0.1) is 11.9 Å². The van der Waals surface area contributed by atoms with E-state index >= 15 is 0 Å². The maximum atomic E-state index is 13.1. The van der Waals surface area contributed by atoms with Crippen LogP contribution in [0.15, 0.2) is 52.7 Å². The summed E-state index contributed by atoms with van der Waals surface area (Å²) in [5, 5.41) is 7.73. The number of likely N-dealkylation sites (N-methyl/N-ethyl adjacent to an activating group) is 1. The molecule has 1 heterocycles. The third-order valence-corrected chi connectivity index (χ3v) is 3.34. The molecule has 0 unspecified atom stereocenters. The van der Waals surface area contributed by atoms with Gasteiger partial charge in [-0.25, -0.2) is 8.78 Å². The molecule has 0 fully saturated rings. The normalized spacial score (nSPS) is 15.9. The van der Waals surface area contributed by atoms with E-state index in [2.05, 4.69) is 10.2 Å². The Hall–Kier alpha value is -2.89. The average Bonchev–Trinajstić information content (AvgIpc) is 2.76. The number of fused-ring (bicyclic) bond motifs is 1. The first-order chi connectivity index (χ1) is 10.6. The van der Waals surface area contributed by atoms with Crippen molar-refractivity contribution in [2.24, 2.45) is 10.2 Å². The zero-order valence-electron chi connectivity index (χ0n) is 11.6. The lowest BCUT2D eigenvalue weighted by Gasteiger charge is -2.07. The molecule has 1 aliphatic rings. The van der Waals surface area contributed by atoms with Crippen molar-refractivity contribution in [3.63, 3.8) is 0 Å². The molecule has 0 N–H and O–H groups in total. The Morgan fingerprint density at radius 3 is 2.64 bits per heavy atom. The Kier molecular flexibility index (Phi) is 3.50. The molecule has 0 bridgehead atoms. The van der Waals surface area contributed by atoms with Crippen molar-refractivity contribution < 1.29 is 13.6 Å². The molecule has 0 saturated heterocycles. The van der Waals surface area contributed by atoms with Crippen LogP contribution in [-0.4, -0.2) is 24.9 Å². The molecule has 1 amide bonds. The molecule has 0 spiro atoms. The molecule has 0 atom stereocenters. The van der Waals surface area contributed by atoms with Crippen molar-refractivity contribution in [2.45, 2.75) is 0 Å². The Bertz CT molecular complexity index is 815. The number of rotatable bonds is 2. The van der Waals surface area contributed by atoms with Crippen molar-refractivity contribution in [1.29, 1.82) is 0 Å². The van der Waals surface area contributed by atoms with Gasteiger partial charge in [0.1, 0.15) is 0 Å². The topological polar surface area (TPSA) is 45.0 Å². The second-order valence-corrected chi connectivity index (χ2v) is 4.75. The fourth-order valence-electron chi connectivity index (χ4n) is 2.19. The summed E-state index contributed by atoms with van der Waals surface area (Å²) >= 11 is 0. The van der Waals surface area contributed by atoms with E-state index in [1.54, 1.807) is 19.2 Å². The fraction of sp³-hybridized carbons (Fsp3) is 0.0625. The highest BCUT2D eigenvalue weighted by Crippen LogP contribution is 2.27. The second kappa shape index (κ2) is 5.48. The summed E-state index contributed by atoms with van der Waals surface area (Å²) in [5.41, 5.74) is 2.03. The van der Waals surface area contributed by atoms with Crippen LogP contribution in [0.2, 0.25) is 0 Å². The fourth-order valence-corrected chi connectivity index (χ4v) is 2.19. The average molecular weight is 299 g/mol. The lowest BCUT2D eigenvalue weighted by molar-refractivity contribution is -0.111. The van der Waals surface area contributed by atoms with Gasteiger partial charge >= 0.3 is 0 Å². The summed E-state index contributed by atoms with van der Waals surface area (Å²) in [6.45, 7) is 0. The lowest BCUT2D eigenvalue weighted by Crippen LogP contribution is -2.25. The molecule has 2 aromatic carbocycles. The number of nitrogens with zero attached hydrogens (tertiary/aromatic N) is 3. The number of carbonyl (C=O) groups is 1. The molecule has 22 heavy (non-hydrogen) atoms. The van der Waals surface area contributed by atoms with Gasteiger partial charge in [-0.15, -0.1) is 5.10 Å². The molecule has 110 valence electrons. The highest BCUT2D eigenvalue weighted by atomic mass is 19.2. The van der Waals surface area contributed by atoms with E-state index in [1.807, 2.05) is 12.1 Å². The van der Waals surface area contributed by atoms with Crippen molar-refractivity contribution >= 4 is 23.5 Å². The van der Waals surface area contributed by atoms with E-state index in [-0.39, 0.29) is 11.6 Å². The van der Waals surface area contributed by atoms with Gasteiger partial charge in [0.2, 0.25) is 0 Å². The van der Waals surface area contributed by atoms with Crippen LogP contribution in [0, 0.1) is 11.6 Å². The van der Waals surface area contributed by atoms with E-state index in [9.17, 15) is 13.6 Å². The molecule has 2 aromatic rings. The zero-order valence-corrected chi connectivity index (χ0v) is 11.6. The summed E-state index contributed by atoms with van der Waals surface area (Å²) < 4.78 is 25.9. The minimum atomic E-state index is -0.960. The van der Waals surface area contributed by atoms with Crippen LogP contribution in [0.5, 0.6) is 0 Å². The van der Waals surface area contributed by atoms with Gasteiger partial charge in [-0.1, -0.05) is 24.3 Å². The molecule has 0 saturated carbocycles. The molecule has 0 radical (unpaired) electrons. The van der Waals surface area contributed by atoms with Crippen LogP contribution in [0.1, 0.15) is 11.1 Å². The standard InChI is InChI=1S/C16H11F2N3O/c1-21-14-5-3-2-4-11(14)15(16(21)22)20-19-9-10-6-7-12(17)13(18)8-10/h2-9H,1H3/b19-9-,20-15+. The smallest absolute Gasteiger partial charge is 0.279 e. The van der Waals surface area contributed by atoms with E-state index in [4.69, 9.17) is 0 Å². The molecule has 4 nitrogen and oxygen atoms in total. The Morgan fingerprint density at radius 1 is 1.09 bits per heavy atom. The molecule has 3 rings (SSSR count). The highest BCUT2D eigenvalue weighted by molar-refractivity contribution is 6.54. The number of carbonyl (C=O) groups excluding carboxylic acids is 1. The number of hydrogen-bond donors (Lipinski definition) is 0. The van der Waals surface area contributed by atoms with Crippen LogP contribution >= 0.6 is 0 Å². The maximum Gasteiger partial charge on any atom is 0.279 e. The first kappa shape index (κ1) is 14.1. The van der Waals surface area contributed by atoms with Crippen molar-refractivity contribution in [3.05, 3.63) is 65.2 Å². The van der Waals surface area contributed by atoms with Crippen molar-refractivity contribution in [3.8, 4) is 0 Å². The summed E-state index contributed by atoms with van der Waals surface area (Å²) in [6, 6.07) is 10.6. The molecule has 0 aromatic heterocycles. The monoisotopic (exact) mass is 299 g/mol. The van der Waals surface area contributed by atoms with Crippen molar-refractivity contribution in [2.75, 3.05) is 11.9 Å². The van der Waals surface area contributed by atoms with Crippen molar-refractivity contribution in [1.82, 2.24) is 0 Å². The quantitative estimate of drug-likeness (QED) is 0.621. The lowest BCUT2D eigenvalue weighted by atomic mass is 10.1. The van der Waals surface area contributed by atoms with Crippen LogP contribution in [0.4, 0.5) is 14.5 Å². The number of halogens is 2. The van der Waals surface area contributed by atoms with Gasteiger partial charge < -0.3 is 4.90 Å². The summed E-state index contributed by atoms with van der Waals surface area (Å²) in [7, 11) is 1.66. The Morgan fingerprint density at radius 2 is 1.86 bits per heavy atom. The minimum Gasteiger partial charge on any atom is -0.309 e. The van der Waals surface area contributed by atoms with E-state index < -0.39 is 11.6 Å². The van der Waals surface area contributed by atoms with Crippen LogP contribution < -0.4 is 4.90 Å². The number of para-hydroxylation sites is 1. The predicted molar refractivity (Wildman–Crippen MR) is 80.3 cm³/mol. The molecular weight excluding hydrogens is 288 g/mol. The molecule has 0 aliphatic carbocycles. The van der Waals surface area contributed by atoms with Gasteiger partial charge in [-0.05, 0) is 23.8 Å². The van der Waals surface area contributed by atoms with Crippen LogP contribution in [0.3, 0.4) is 0 Å². The molecule has 1 aliphatic heterocycles.